The normalized spacial score (nSPS) is 13.3. The van der Waals surface area contributed by atoms with E-state index in [1.807, 2.05) is 37.3 Å². The Hall–Kier alpha value is -1.86. The van der Waals surface area contributed by atoms with Crippen LogP contribution in [0.5, 0.6) is 0 Å². The highest BCUT2D eigenvalue weighted by atomic mass is 32.2. The molecule has 0 saturated heterocycles. The molecule has 1 atom stereocenters. The summed E-state index contributed by atoms with van der Waals surface area (Å²) in [5.41, 5.74) is 6.55. The lowest BCUT2D eigenvalue weighted by Crippen LogP contribution is -2.30. The van der Waals surface area contributed by atoms with Crippen LogP contribution < -0.4 is 10.5 Å². The molecule has 20 heavy (non-hydrogen) atoms. The van der Waals surface area contributed by atoms with Gasteiger partial charge in [-0.2, -0.15) is 0 Å². The molecule has 0 fully saturated rings. The Morgan fingerprint density at radius 2 is 2.00 bits per heavy atom. The van der Waals surface area contributed by atoms with Gasteiger partial charge < -0.3 is 10.3 Å². The third-order valence-electron chi connectivity index (χ3n) is 3.07. The Morgan fingerprint density at radius 1 is 1.35 bits per heavy atom. The van der Waals surface area contributed by atoms with Crippen LogP contribution in [0.3, 0.4) is 0 Å². The number of sulfonamides is 1. The summed E-state index contributed by atoms with van der Waals surface area (Å²) in [4.78, 5) is 3.81. The van der Waals surface area contributed by atoms with Crippen LogP contribution >= 0.6 is 0 Å². The molecular weight excluding hydrogens is 276 g/mol. The van der Waals surface area contributed by atoms with E-state index in [0.29, 0.717) is 6.42 Å². The molecule has 0 amide bonds. The van der Waals surface area contributed by atoms with Crippen molar-refractivity contribution in [1.29, 1.82) is 0 Å². The predicted octanol–water partition coefficient (Wildman–Crippen LogP) is 1.43. The molecule has 3 N–H and O–H groups in total. The number of hydrogen-bond donors (Lipinski definition) is 2. The first-order valence-electron chi connectivity index (χ1n) is 6.29. The molecular formula is C13H18N4O2S. The van der Waals surface area contributed by atoms with Crippen LogP contribution in [0.25, 0.3) is 0 Å². The average Bonchev–Trinajstić information content (AvgIpc) is 2.77. The number of hydrogen-bond acceptors (Lipinski definition) is 4. The molecule has 2 aromatic rings. The van der Waals surface area contributed by atoms with E-state index in [0.717, 1.165) is 5.56 Å². The van der Waals surface area contributed by atoms with E-state index in [9.17, 15) is 8.42 Å². The number of benzene rings is 1. The van der Waals surface area contributed by atoms with E-state index in [2.05, 4.69) is 9.71 Å². The molecule has 1 unspecified atom stereocenters. The summed E-state index contributed by atoms with van der Waals surface area (Å²) in [6.07, 6.45) is 2.02. The Kier molecular flexibility index (Phi) is 4.10. The molecule has 0 aliphatic heterocycles. The fourth-order valence-electron chi connectivity index (χ4n) is 2.08. The molecule has 7 heteroatoms. The lowest BCUT2D eigenvalue weighted by atomic mass is 10.1. The van der Waals surface area contributed by atoms with Crippen LogP contribution in [-0.2, 0) is 17.1 Å². The number of aryl methyl sites for hydroxylation is 1. The SMILES string of the molecule is CCC(NS(=O)(=O)c1c(N)ncn1C)c1ccccc1. The lowest BCUT2D eigenvalue weighted by Gasteiger charge is -2.17. The summed E-state index contributed by atoms with van der Waals surface area (Å²) in [5, 5.41) is -0.00752. The zero-order chi connectivity index (χ0) is 14.8. The Morgan fingerprint density at radius 3 is 2.50 bits per heavy atom. The molecule has 0 bridgehead atoms. The number of nitrogens with one attached hydrogen (secondary N) is 1. The van der Waals surface area contributed by atoms with Crippen molar-refractivity contribution < 1.29 is 8.42 Å². The largest absolute Gasteiger partial charge is 0.381 e. The van der Waals surface area contributed by atoms with Gasteiger partial charge in [0.05, 0.1) is 6.33 Å². The summed E-state index contributed by atoms with van der Waals surface area (Å²) in [6.45, 7) is 1.92. The molecule has 1 aromatic carbocycles. The molecule has 108 valence electrons. The van der Waals surface area contributed by atoms with Gasteiger partial charge in [-0.25, -0.2) is 18.1 Å². The highest BCUT2D eigenvalue weighted by molar-refractivity contribution is 7.89. The van der Waals surface area contributed by atoms with Crippen LogP contribution in [0, 0.1) is 0 Å². The molecule has 2 rings (SSSR count). The predicted molar refractivity (Wildman–Crippen MR) is 77.4 cm³/mol. The van der Waals surface area contributed by atoms with Crippen molar-refractivity contribution in [2.45, 2.75) is 24.4 Å². The number of aromatic nitrogens is 2. The van der Waals surface area contributed by atoms with Crippen LogP contribution in [-0.4, -0.2) is 18.0 Å². The van der Waals surface area contributed by atoms with Crippen molar-refractivity contribution in [1.82, 2.24) is 14.3 Å². The number of imidazole rings is 1. The lowest BCUT2D eigenvalue weighted by molar-refractivity contribution is 0.542. The van der Waals surface area contributed by atoms with Gasteiger partial charge in [-0.1, -0.05) is 37.3 Å². The zero-order valence-electron chi connectivity index (χ0n) is 11.4. The minimum Gasteiger partial charge on any atom is -0.381 e. The van der Waals surface area contributed by atoms with Crippen LogP contribution in [0.1, 0.15) is 24.9 Å². The van der Waals surface area contributed by atoms with E-state index >= 15 is 0 Å². The van der Waals surface area contributed by atoms with Crippen molar-refractivity contribution in [2.75, 3.05) is 5.73 Å². The first-order chi connectivity index (χ1) is 9.45. The molecule has 0 spiro atoms. The number of nitrogens with zero attached hydrogens (tertiary/aromatic N) is 2. The highest BCUT2D eigenvalue weighted by Gasteiger charge is 2.25. The van der Waals surface area contributed by atoms with Gasteiger partial charge in [0.2, 0.25) is 0 Å². The minimum absolute atomic E-state index is 0.00270. The van der Waals surface area contributed by atoms with Gasteiger partial charge in [0.25, 0.3) is 10.0 Å². The van der Waals surface area contributed by atoms with Crippen LogP contribution in [0.4, 0.5) is 5.82 Å². The Bertz CT molecular complexity index is 660. The monoisotopic (exact) mass is 294 g/mol. The van der Waals surface area contributed by atoms with E-state index in [4.69, 9.17) is 5.73 Å². The van der Waals surface area contributed by atoms with Gasteiger partial charge >= 0.3 is 0 Å². The van der Waals surface area contributed by atoms with Gasteiger partial charge in [-0.15, -0.1) is 0 Å². The fourth-order valence-corrected chi connectivity index (χ4v) is 3.62. The van der Waals surface area contributed by atoms with E-state index in [-0.39, 0.29) is 16.9 Å². The summed E-state index contributed by atoms with van der Waals surface area (Å²) >= 11 is 0. The van der Waals surface area contributed by atoms with Gasteiger partial charge in [0.1, 0.15) is 0 Å². The van der Waals surface area contributed by atoms with Crippen molar-refractivity contribution in [3.63, 3.8) is 0 Å². The third-order valence-corrected chi connectivity index (χ3v) is 4.67. The summed E-state index contributed by atoms with van der Waals surface area (Å²) in [7, 11) is -2.11. The maximum atomic E-state index is 12.4. The van der Waals surface area contributed by atoms with Crippen LogP contribution in [0.15, 0.2) is 41.7 Å². The minimum atomic E-state index is -3.71. The molecule has 0 radical (unpaired) electrons. The fraction of sp³-hybridized carbons (Fsp3) is 0.308. The quantitative estimate of drug-likeness (QED) is 0.873. The Labute approximate surface area is 118 Å². The number of anilines is 1. The van der Waals surface area contributed by atoms with Gasteiger partial charge in [-0.05, 0) is 12.0 Å². The van der Waals surface area contributed by atoms with Crippen molar-refractivity contribution in [3.05, 3.63) is 42.2 Å². The van der Waals surface area contributed by atoms with Crippen LogP contribution in [0.2, 0.25) is 0 Å². The molecule has 0 aliphatic carbocycles. The van der Waals surface area contributed by atoms with Gasteiger partial charge in [0, 0.05) is 13.1 Å². The molecule has 6 nitrogen and oxygen atoms in total. The van der Waals surface area contributed by atoms with Crippen molar-refractivity contribution in [2.24, 2.45) is 7.05 Å². The molecule has 1 heterocycles. The maximum Gasteiger partial charge on any atom is 0.260 e. The van der Waals surface area contributed by atoms with E-state index in [1.165, 1.54) is 10.9 Å². The summed E-state index contributed by atoms with van der Waals surface area (Å²) in [6, 6.07) is 9.14. The Balaban J connectivity index is 2.32. The maximum absolute atomic E-state index is 12.4. The second kappa shape index (κ2) is 5.64. The number of rotatable bonds is 5. The van der Waals surface area contributed by atoms with Crippen molar-refractivity contribution >= 4 is 15.8 Å². The first-order valence-corrected chi connectivity index (χ1v) is 7.78. The standard InChI is InChI=1S/C13H18N4O2S/c1-3-11(10-7-5-4-6-8-10)16-20(18,19)13-12(14)15-9-17(13)2/h4-9,11,16H,3,14H2,1-2H3. The summed E-state index contributed by atoms with van der Waals surface area (Å²) in [5.74, 6) is 0.00270. The van der Waals surface area contributed by atoms with E-state index < -0.39 is 10.0 Å². The molecule has 0 aliphatic rings. The second-order valence-electron chi connectivity index (χ2n) is 4.54. The van der Waals surface area contributed by atoms with Crippen molar-refractivity contribution in [3.8, 4) is 0 Å². The first kappa shape index (κ1) is 14.5. The average molecular weight is 294 g/mol. The highest BCUT2D eigenvalue weighted by Crippen LogP contribution is 2.22. The van der Waals surface area contributed by atoms with Gasteiger partial charge in [-0.3, -0.25) is 0 Å². The zero-order valence-corrected chi connectivity index (χ0v) is 12.3. The number of nitrogens with two attached hydrogens (primary N) is 1. The molecule has 1 aromatic heterocycles. The summed E-state index contributed by atoms with van der Waals surface area (Å²) < 4.78 is 28.9. The second-order valence-corrected chi connectivity index (χ2v) is 6.17. The van der Waals surface area contributed by atoms with E-state index in [1.54, 1.807) is 7.05 Å². The molecule has 0 saturated carbocycles. The topological polar surface area (TPSA) is 90.0 Å². The van der Waals surface area contributed by atoms with Gasteiger partial charge in [0.15, 0.2) is 10.8 Å². The smallest absolute Gasteiger partial charge is 0.260 e. The third kappa shape index (κ3) is 2.83. The number of nitrogen functional groups attached to an aromatic ring is 1.